The summed E-state index contributed by atoms with van der Waals surface area (Å²) in [5, 5.41) is 0.895. The van der Waals surface area contributed by atoms with E-state index in [1.807, 2.05) is 37.7 Å². The van der Waals surface area contributed by atoms with Crippen LogP contribution >= 0.6 is 23.1 Å². The highest BCUT2D eigenvalue weighted by Gasteiger charge is 2.12. The normalized spacial score (nSPS) is 11.5. The smallest absolute Gasteiger partial charge is 0.166 e. The molecule has 0 radical (unpaired) electrons. The van der Waals surface area contributed by atoms with Gasteiger partial charge in [-0.1, -0.05) is 11.8 Å². The van der Waals surface area contributed by atoms with Crippen LogP contribution in [0.1, 0.15) is 16.8 Å². The molecule has 1 N–H and O–H groups in total. The van der Waals surface area contributed by atoms with E-state index in [0.29, 0.717) is 0 Å². The van der Waals surface area contributed by atoms with Gasteiger partial charge >= 0.3 is 0 Å². The average Bonchev–Trinajstić information content (AvgIpc) is 3.20. The highest BCUT2D eigenvalue weighted by Crippen LogP contribution is 2.31. The molecule has 0 bridgehead atoms. The number of hydrogen-bond acceptors (Lipinski definition) is 6. The minimum Gasteiger partial charge on any atom is -0.496 e. The Balaban J connectivity index is 1.63. The van der Waals surface area contributed by atoms with E-state index in [2.05, 4.69) is 15.0 Å². The van der Waals surface area contributed by atoms with Gasteiger partial charge in [-0.3, -0.25) is 4.98 Å². The van der Waals surface area contributed by atoms with Gasteiger partial charge in [0.15, 0.2) is 5.16 Å². The van der Waals surface area contributed by atoms with Gasteiger partial charge in [0.1, 0.15) is 11.3 Å². The van der Waals surface area contributed by atoms with Crippen LogP contribution in [0.2, 0.25) is 0 Å². The van der Waals surface area contributed by atoms with Crippen LogP contribution in [0.5, 0.6) is 5.75 Å². The first-order valence-corrected chi connectivity index (χ1v) is 9.37. The van der Waals surface area contributed by atoms with Crippen LogP contribution in [-0.4, -0.2) is 27.0 Å². The van der Waals surface area contributed by atoms with E-state index in [-0.39, 0.29) is 0 Å². The van der Waals surface area contributed by atoms with Gasteiger partial charge in [0, 0.05) is 23.1 Å². The van der Waals surface area contributed by atoms with E-state index in [0.717, 1.165) is 54.7 Å². The fourth-order valence-electron chi connectivity index (χ4n) is 2.79. The zero-order valence-corrected chi connectivity index (χ0v) is 15.2. The number of methoxy groups -OCH3 is 1. The summed E-state index contributed by atoms with van der Waals surface area (Å²) in [6.45, 7) is 4.06. The van der Waals surface area contributed by atoms with E-state index in [4.69, 9.17) is 9.72 Å². The number of aromatic nitrogens is 4. The third kappa shape index (κ3) is 2.53. The highest BCUT2D eigenvalue weighted by atomic mass is 32.2. The standard InChI is InChI=1S/C17H16N4OS2/c1-9-6-18-13(10(2)15(9)22-3)7-23-17-20-11-4-5-12-16(14(11)21-17)24-8-19-12/h4-6,8H,7H2,1-3H3,(H,20,21). The maximum atomic E-state index is 5.48. The molecule has 24 heavy (non-hydrogen) atoms. The van der Waals surface area contributed by atoms with Crippen molar-refractivity contribution in [1.29, 1.82) is 0 Å². The number of ether oxygens (including phenoxy) is 1. The molecule has 0 unspecified atom stereocenters. The van der Waals surface area contributed by atoms with Gasteiger partial charge < -0.3 is 9.72 Å². The van der Waals surface area contributed by atoms with Gasteiger partial charge in [0.25, 0.3) is 0 Å². The molecule has 0 atom stereocenters. The molecule has 3 aromatic heterocycles. The van der Waals surface area contributed by atoms with Gasteiger partial charge in [-0.2, -0.15) is 0 Å². The topological polar surface area (TPSA) is 63.7 Å². The SMILES string of the molecule is COc1c(C)cnc(CSc2nc3c(ccc4ncsc43)[nH]2)c1C. The third-order valence-electron chi connectivity index (χ3n) is 4.02. The van der Waals surface area contributed by atoms with Crippen LogP contribution in [-0.2, 0) is 5.75 Å². The highest BCUT2D eigenvalue weighted by molar-refractivity contribution is 7.98. The van der Waals surface area contributed by atoms with Gasteiger partial charge in [-0.15, -0.1) is 11.3 Å². The lowest BCUT2D eigenvalue weighted by atomic mass is 10.1. The summed E-state index contributed by atoms with van der Waals surface area (Å²) in [4.78, 5) is 17.0. The molecule has 0 aliphatic carbocycles. The molecule has 0 aliphatic rings. The van der Waals surface area contributed by atoms with E-state index in [9.17, 15) is 0 Å². The Bertz CT molecular complexity index is 1040. The Hall–Kier alpha value is -2.12. The van der Waals surface area contributed by atoms with Crippen molar-refractivity contribution in [2.24, 2.45) is 0 Å². The first kappa shape index (κ1) is 15.4. The number of nitrogens with one attached hydrogen (secondary N) is 1. The van der Waals surface area contributed by atoms with Crippen LogP contribution in [0.3, 0.4) is 0 Å². The molecular formula is C17H16N4OS2. The second-order valence-electron chi connectivity index (χ2n) is 5.54. The second kappa shape index (κ2) is 6.07. The van der Waals surface area contributed by atoms with Crippen molar-refractivity contribution in [2.75, 3.05) is 7.11 Å². The molecular weight excluding hydrogens is 340 g/mol. The lowest BCUT2D eigenvalue weighted by molar-refractivity contribution is 0.407. The maximum Gasteiger partial charge on any atom is 0.166 e. The molecule has 4 aromatic rings. The molecule has 0 amide bonds. The number of nitrogens with zero attached hydrogens (tertiary/aromatic N) is 3. The van der Waals surface area contributed by atoms with Crippen molar-refractivity contribution in [3.05, 3.63) is 40.7 Å². The van der Waals surface area contributed by atoms with Gasteiger partial charge in [-0.05, 0) is 26.0 Å². The molecule has 5 nitrogen and oxygen atoms in total. The van der Waals surface area contributed by atoms with Crippen LogP contribution in [0, 0.1) is 13.8 Å². The summed E-state index contributed by atoms with van der Waals surface area (Å²) >= 11 is 3.27. The molecule has 0 fully saturated rings. The Morgan fingerprint density at radius 2 is 2.12 bits per heavy atom. The van der Waals surface area contributed by atoms with Crippen molar-refractivity contribution >= 4 is 44.3 Å². The van der Waals surface area contributed by atoms with Crippen molar-refractivity contribution in [1.82, 2.24) is 19.9 Å². The van der Waals surface area contributed by atoms with E-state index in [1.54, 1.807) is 30.2 Å². The van der Waals surface area contributed by atoms with E-state index in [1.165, 1.54) is 0 Å². The molecule has 0 aliphatic heterocycles. The van der Waals surface area contributed by atoms with Crippen LogP contribution < -0.4 is 4.74 Å². The number of benzene rings is 1. The summed E-state index contributed by atoms with van der Waals surface area (Å²) in [7, 11) is 1.70. The maximum absolute atomic E-state index is 5.48. The largest absolute Gasteiger partial charge is 0.496 e. The predicted molar refractivity (Wildman–Crippen MR) is 99.1 cm³/mol. The zero-order valence-electron chi connectivity index (χ0n) is 13.6. The van der Waals surface area contributed by atoms with Crippen LogP contribution in [0.4, 0.5) is 0 Å². The number of pyridine rings is 1. The summed E-state index contributed by atoms with van der Waals surface area (Å²) in [5.74, 6) is 1.66. The molecule has 7 heteroatoms. The summed E-state index contributed by atoms with van der Waals surface area (Å²) in [5.41, 5.74) is 8.05. The molecule has 0 saturated heterocycles. The number of H-pyrrole nitrogens is 1. The Morgan fingerprint density at radius 1 is 1.25 bits per heavy atom. The number of fused-ring (bicyclic) bond motifs is 3. The van der Waals surface area contributed by atoms with Crippen molar-refractivity contribution in [2.45, 2.75) is 24.8 Å². The summed E-state index contributed by atoms with van der Waals surface area (Å²) in [6.07, 6.45) is 1.86. The minimum atomic E-state index is 0.744. The molecule has 3 heterocycles. The first-order valence-electron chi connectivity index (χ1n) is 7.51. The molecule has 0 saturated carbocycles. The molecule has 0 spiro atoms. The van der Waals surface area contributed by atoms with Crippen LogP contribution in [0.25, 0.3) is 21.3 Å². The number of aromatic amines is 1. The fourth-order valence-corrected chi connectivity index (χ4v) is 4.48. The third-order valence-corrected chi connectivity index (χ3v) is 5.76. The predicted octanol–water partition coefficient (Wildman–Crippen LogP) is 4.49. The second-order valence-corrected chi connectivity index (χ2v) is 7.36. The lowest BCUT2D eigenvalue weighted by Crippen LogP contribution is -1.98. The number of thioether (sulfide) groups is 1. The number of hydrogen-bond donors (Lipinski definition) is 1. The lowest BCUT2D eigenvalue weighted by Gasteiger charge is -2.11. The van der Waals surface area contributed by atoms with E-state index < -0.39 is 0 Å². The van der Waals surface area contributed by atoms with Gasteiger partial charge in [-0.25, -0.2) is 9.97 Å². The Kier molecular flexibility index (Phi) is 3.90. The molecule has 1 aromatic carbocycles. The van der Waals surface area contributed by atoms with E-state index >= 15 is 0 Å². The number of aryl methyl sites for hydroxylation is 1. The van der Waals surface area contributed by atoms with Crippen LogP contribution in [0.15, 0.2) is 29.0 Å². The fraction of sp³-hybridized carbons (Fsp3) is 0.235. The van der Waals surface area contributed by atoms with Crippen molar-refractivity contribution in [3.8, 4) is 5.75 Å². The number of imidazole rings is 1. The Labute approximate surface area is 147 Å². The quantitative estimate of drug-likeness (QED) is 0.546. The first-order chi connectivity index (χ1) is 11.7. The molecule has 4 rings (SSSR count). The van der Waals surface area contributed by atoms with Gasteiger partial charge in [0.05, 0.1) is 34.0 Å². The summed E-state index contributed by atoms with van der Waals surface area (Å²) < 4.78 is 6.60. The Morgan fingerprint density at radius 3 is 2.96 bits per heavy atom. The number of thiazole rings is 1. The monoisotopic (exact) mass is 356 g/mol. The number of rotatable bonds is 4. The zero-order chi connectivity index (χ0) is 16.7. The van der Waals surface area contributed by atoms with Crippen molar-refractivity contribution < 1.29 is 4.74 Å². The average molecular weight is 356 g/mol. The summed E-state index contributed by atoms with van der Waals surface area (Å²) in [6, 6.07) is 4.06. The molecule has 122 valence electrons. The van der Waals surface area contributed by atoms with Gasteiger partial charge in [0.2, 0.25) is 0 Å². The minimum absolute atomic E-state index is 0.744. The van der Waals surface area contributed by atoms with Crippen molar-refractivity contribution in [3.63, 3.8) is 0 Å².